The van der Waals surface area contributed by atoms with Gasteiger partial charge in [0.2, 0.25) is 0 Å². The van der Waals surface area contributed by atoms with E-state index in [1.165, 1.54) is 11.1 Å². The van der Waals surface area contributed by atoms with Gasteiger partial charge in [0.15, 0.2) is 0 Å². The molecule has 16 heavy (non-hydrogen) atoms. The van der Waals surface area contributed by atoms with Crippen LogP contribution in [-0.2, 0) is 17.9 Å². The molecule has 84 valence electrons. The Kier molecular flexibility index (Phi) is 3.06. The number of benzene rings is 1. The Morgan fingerprint density at radius 2 is 2.25 bits per heavy atom. The van der Waals surface area contributed by atoms with Crippen molar-refractivity contribution in [1.82, 2.24) is 10.6 Å². The molecule has 3 heteroatoms. The molecule has 0 saturated carbocycles. The van der Waals surface area contributed by atoms with E-state index < -0.39 is 0 Å². The van der Waals surface area contributed by atoms with E-state index in [4.69, 9.17) is 0 Å². The highest BCUT2D eigenvalue weighted by Gasteiger charge is 2.18. The highest BCUT2D eigenvalue weighted by atomic mass is 16.1. The van der Waals surface area contributed by atoms with E-state index in [0.29, 0.717) is 0 Å². The van der Waals surface area contributed by atoms with Gasteiger partial charge in [0, 0.05) is 25.7 Å². The minimum atomic E-state index is -0.0252. The van der Waals surface area contributed by atoms with Gasteiger partial charge in [0.05, 0.1) is 0 Å². The van der Waals surface area contributed by atoms with Crippen LogP contribution >= 0.6 is 0 Å². The lowest BCUT2D eigenvalue weighted by Gasteiger charge is -2.10. The smallest absolute Gasteiger partial charge is 0.251 e. The number of carbonyl (C=O) groups excluding carboxylic acids is 1. The number of nitrogens with one attached hydrogen (secondary N) is 2. The van der Waals surface area contributed by atoms with E-state index in [-0.39, 0.29) is 5.91 Å². The summed E-state index contributed by atoms with van der Waals surface area (Å²) in [6.45, 7) is 3.64. The number of hydrogen-bond acceptors (Lipinski definition) is 2. The zero-order chi connectivity index (χ0) is 11.5. The first-order valence-corrected chi connectivity index (χ1v) is 5.48. The van der Waals surface area contributed by atoms with Gasteiger partial charge in [-0.2, -0.15) is 0 Å². The van der Waals surface area contributed by atoms with Crippen LogP contribution in [0.25, 0.3) is 5.57 Å². The molecule has 0 bridgehead atoms. The van der Waals surface area contributed by atoms with Crippen molar-refractivity contribution in [2.24, 2.45) is 0 Å². The second-order valence-electron chi connectivity index (χ2n) is 3.83. The molecule has 2 rings (SSSR count). The molecule has 1 amide bonds. The largest absolute Gasteiger partial charge is 0.355 e. The number of hydrogen-bond donors (Lipinski definition) is 2. The first-order chi connectivity index (χ1) is 7.77. The van der Waals surface area contributed by atoms with Gasteiger partial charge < -0.3 is 10.6 Å². The van der Waals surface area contributed by atoms with Crippen LogP contribution in [-0.4, -0.2) is 13.0 Å². The summed E-state index contributed by atoms with van der Waals surface area (Å²) in [6, 6.07) is 6.12. The normalized spacial score (nSPS) is 14.8. The van der Waals surface area contributed by atoms with Gasteiger partial charge in [-0.15, -0.1) is 0 Å². The van der Waals surface area contributed by atoms with E-state index in [1.807, 2.05) is 25.1 Å². The van der Waals surface area contributed by atoms with Crippen molar-refractivity contribution in [2.45, 2.75) is 20.0 Å². The Morgan fingerprint density at radius 1 is 1.44 bits per heavy atom. The fraction of sp³-hybridized carbons (Fsp3) is 0.308. The number of allylic oxidation sites excluding steroid dienone is 1. The van der Waals surface area contributed by atoms with Gasteiger partial charge >= 0.3 is 0 Å². The summed E-state index contributed by atoms with van der Waals surface area (Å²) in [4.78, 5) is 11.7. The van der Waals surface area contributed by atoms with Gasteiger partial charge in [-0.25, -0.2) is 0 Å². The SMILES string of the molecule is CC=C(C(=O)NC)c1cccc2c1CNC2. The van der Waals surface area contributed by atoms with Gasteiger partial charge in [0.25, 0.3) is 5.91 Å². The molecular weight excluding hydrogens is 200 g/mol. The van der Waals surface area contributed by atoms with Crippen LogP contribution in [0.15, 0.2) is 24.3 Å². The number of rotatable bonds is 2. The minimum Gasteiger partial charge on any atom is -0.355 e. The number of fused-ring (bicyclic) bond motifs is 1. The monoisotopic (exact) mass is 216 g/mol. The summed E-state index contributed by atoms with van der Waals surface area (Å²) in [7, 11) is 1.66. The Morgan fingerprint density at radius 3 is 2.94 bits per heavy atom. The van der Waals surface area contributed by atoms with Crippen molar-refractivity contribution >= 4 is 11.5 Å². The average Bonchev–Trinajstić information content (AvgIpc) is 2.78. The van der Waals surface area contributed by atoms with Crippen LogP contribution in [0, 0.1) is 0 Å². The van der Waals surface area contributed by atoms with Crippen LogP contribution in [0.2, 0.25) is 0 Å². The molecule has 0 radical (unpaired) electrons. The summed E-state index contributed by atoms with van der Waals surface area (Å²) in [5.41, 5.74) is 4.34. The molecule has 1 heterocycles. The maximum Gasteiger partial charge on any atom is 0.251 e. The number of amides is 1. The van der Waals surface area contributed by atoms with Crippen LogP contribution in [0.3, 0.4) is 0 Å². The summed E-state index contributed by atoms with van der Waals surface area (Å²) >= 11 is 0. The number of likely N-dealkylation sites (N-methyl/N-ethyl adjacent to an activating group) is 1. The topological polar surface area (TPSA) is 41.1 Å². The Balaban J connectivity index is 2.48. The van der Waals surface area contributed by atoms with Crippen molar-refractivity contribution < 1.29 is 4.79 Å². The molecule has 1 aromatic rings. The van der Waals surface area contributed by atoms with Gasteiger partial charge in [-0.1, -0.05) is 24.3 Å². The Labute approximate surface area is 95.6 Å². The molecular formula is C13H16N2O. The molecule has 2 N–H and O–H groups in total. The van der Waals surface area contributed by atoms with Gasteiger partial charge in [0.1, 0.15) is 0 Å². The molecule has 0 saturated heterocycles. The first kappa shape index (κ1) is 10.9. The third kappa shape index (κ3) is 1.74. The lowest BCUT2D eigenvalue weighted by molar-refractivity contribution is -0.115. The Hall–Kier alpha value is -1.61. The first-order valence-electron chi connectivity index (χ1n) is 5.48. The summed E-state index contributed by atoms with van der Waals surface area (Å²) in [6.07, 6.45) is 1.87. The second-order valence-corrected chi connectivity index (χ2v) is 3.83. The molecule has 0 aliphatic carbocycles. The molecule has 0 fully saturated rings. The predicted molar refractivity (Wildman–Crippen MR) is 64.7 cm³/mol. The van der Waals surface area contributed by atoms with Crippen molar-refractivity contribution in [3.63, 3.8) is 0 Å². The third-order valence-corrected chi connectivity index (χ3v) is 2.94. The molecule has 1 aromatic carbocycles. The minimum absolute atomic E-state index is 0.0252. The fourth-order valence-corrected chi connectivity index (χ4v) is 2.13. The maximum atomic E-state index is 11.7. The molecule has 0 aromatic heterocycles. The van der Waals surface area contributed by atoms with E-state index in [2.05, 4.69) is 16.7 Å². The quantitative estimate of drug-likeness (QED) is 0.734. The highest BCUT2D eigenvalue weighted by Crippen LogP contribution is 2.25. The predicted octanol–water partition coefficient (Wildman–Crippen LogP) is 1.44. The van der Waals surface area contributed by atoms with Crippen molar-refractivity contribution in [1.29, 1.82) is 0 Å². The second kappa shape index (κ2) is 4.49. The zero-order valence-corrected chi connectivity index (χ0v) is 9.63. The lowest BCUT2D eigenvalue weighted by Crippen LogP contribution is -2.19. The van der Waals surface area contributed by atoms with E-state index >= 15 is 0 Å². The zero-order valence-electron chi connectivity index (χ0n) is 9.63. The van der Waals surface area contributed by atoms with Crippen LogP contribution in [0.1, 0.15) is 23.6 Å². The third-order valence-electron chi connectivity index (χ3n) is 2.94. The summed E-state index contributed by atoms with van der Waals surface area (Å²) in [5, 5.41) is 5.98. The van der Waals surface area contributed by atoms with E-state index in [0.717, 1.165) is 24.2 Å². The van der Waals surface area contributed by atoms with Crippen molar-refractivity contribution in [2.75, 3.05) is 7.05 Å². The Bertz CT molecular complexity index is 449. The molecule has 1 aliphatic heterocycles. The maximum absolute atomic E-state index is 11.7. The van der Waals surface area contributed by atoms with Crippen LogP contribution in [0.5, 0.6) is 0 Å². The molecule has 0 atom stereocenters. The molecule has 1 aliphatic rings. The molecule has 0 spiro atoms. The van der Waals surface area contributed by atoms with Crippen molar-refractivity contribution in [3.8, 4) is 0 Å². The summed E-state index contributed by atoms with van der Waals surface area (Å²) in [5.74, 6) is -0.0252. The fourth-order valence-electron chi connectivity index (χ4n) is 2.13. The molecule has 3 nitrogen and oxygen atoms in total. The van der Waals surface area contributed by atoms with E-state index in [1.54, 1.807) is 7.05 Å². The molecule has 0 unspecified atom stereocenters. The average molecular weight is 216 g/mol. The highest BCUT2D eigenvalue weighted by molar-refractivity contribution is 6.19. The van der Waals surface area contributed by atoms with Gasteiger partial charge in [-0.05, 0) is 23.6 Å². The standard InChI is InChI=1S/C13H16N2O/c1-3-10(13(16)14-2)11-6-4-5-9-7-15-8-12(9)11/h3-6,15H,7-8H2,1-2H3,(H,14,16). The van der Waals surface area contributed by atoms with Crippen LogP contribution < -0.4 is 10.6 Å². The van der Waals surface area contributed by atoms with E-state index in [9.17, 15) is 4.79 Å². The summed E-state index contributed by atoms with van der Waals surface area (Å²) < 4.78 is 0. The number of carbonyl (C=O) groups is 1. The lowest BCUT2D eigenvalue weighted by atomic mass is 9.96. The van der Waals surface area contributed by atoms with Crippen LogP contribution in [0.4, 0.5) is 0 Å². The van der Waals surface area contributed by atoms with Crippen molar-refractivity contribution in [3.05, 3.63) is 41.0 Å². The van der Waals surface area contributed by atoms with Gasteiger partial charge in [-0.3, -0.25) is 4.79 Å².